The van der Waals surface area contributed by atoms with E-state index in [0.717, 1.165) is 15.6 Å². The smallest absolute Gasteiger partial charge is 0.376 e. The number of oxazole rings is 1. The quantitative estimate of drug-likeness (QED) is 0.804. The van der Waals surface area contributed by atoms with Gasteiger partial charge in [0.1, 0.15) is 0 Å². The van der Waals surface area contributed by atoms with Gasteiger partial charge in [-0.05, 0) is 48.3 Å². The number of rotatable bonds is 3. The summed E-state index contributed by atoms with van der Waals surface area (Å²) in [5.41, 5.74) is 2.42. The summed E-state index contributed by atoms with van der Waals surface area (Å²) in [6.07, 6.45) is 0. The first kappa shape index (κ1) is 13.8. The van der Waals surface area contributed by atoms with Crippen LogP contribution in [0.5, 0.6) is 0 Å². The third-order valence-electron chi connectivity index (χ3n) is 2.68. The second-order valence-corrected chi connectivity index (χ2v) is 4.88. The zero-order valence-corrected chi connectivity index (χ0v) is 12.6. The van der Waals surface area contributed by atoms with Crippen molar-refractivity contribution in [2.45, 2.75) is 20.8 Å². The van der Waals surface area contributed by atoms with Crippen LogP contribution < -0.4 is 0 Å². The third-order valence-corrected chi connectivity index (χ3v) is 3.73. The van der Waals surface area contributed by atoms with E-state index in [-0.39, 0.29) is 5.76 Å². The van der Waals surface area contributed by atoms with Crippen molar-refractivity contribution >= 4 is 21.9 Å². The summed E-state index contributed by atoms with van der Waals surface area (Å²) < 4.78 is 11.4. The van der Waals surface area contributed by atoms with E-state index in [1.807, 2.05) is 25.1 Å². The molecule has 0 radical (unpaired) electrons. The Bertz CT molecular complexity index is 619. The number of carbonyl (C=O) groups excluding carboxylic acids is 1. The molecule has 0 atom stereocenters. The number of aromatic nitrogens is 1. The van der Waals surface area contributed by atoms with E-state index in [2.05, 4.69) is 20.9 Å². The third kappa shape index (κ3) is 2.71. The Morgan fingerprint density at radius 3 is 2.84 bits per heavy atom. The highest BCUT2D eigenvalue weighted by Crippen LogP contribution is 2.31. The predicted octanol–water partition coefficient (Wildman–Crippen LogP) is 3.90. The van der Waals surface area contributed by atoms with Gasteiger partial charge >= 0.3 is 5.97 Å². The number of esters is 1. The maximum atomic E-state index is 11.7. The van der Waals surface area contributed by atoms with Gasteiger partial charge in [0.25, 0.3) is 0 Å². The zero-order valence-electron chi connectivity index (χ0n) is 11.0. The summed E-state index contributed by atoms with van der Waals surface area (Å²) in [5.74, 6) is 0.0870. The normalized spacial score (nSPS) is 10.5. The molecular weight excluding hydrogens is 310 g/mol. The minimum atomic E-state index is -0.484. The Morgan fingerprint density at radius 2 is 2.16 bits per heavy atom. The van der Waals surface area contributed by atoms with E-state index in [9.17, 15) is 4.79 Å². The number of nitrogens with zero attached hydrogens (tertiary/aromatic N) is 1. The fourth-order valence-electron chi connectivity index (χ4n) is 1.71. The fraction of sp³-hybridized carbons (Fsp3) is 0.286. The lowest BCUT2D eigenvalue weighted by atomic mass is 10.1. The van der Waals surface area contributed by atoms with Gasteiger partial charge in [-0.15, -0.1) is 0 Å². The molecule has 0 aliphatic heterocycles. The molecule has 5 heteroatoms. The molecule has 1 aromatic carbocycles. The second kappa shape index (κ2) is 5.57. The highest BCUT2D eigenvalue weighted by atomic mass is 79.9. The van der Waals surface area contributed by atoms with E-state index in [1.165, 1.54) is 0 Å². The summed E-state index contributed by atoms with van der Waals surface area (Å²) in [7, 11) is 0. The molecule has 2 rings (SSSR count). The number of hydrogen-bond acceptors (Lipinski definition) is 4. The lowest BCUT2D eigenvalue weighted by Gasteiger charge is -2.02. The van der Waals surface area contributed by atoms with Gasteiger partial charge in [-0.1, -0.05) is 12.1 Å². The number of hydrogen-bond donors (Lipinski definition) is 0. The minimum absolute atomic E-state index is 0.158. The van der Waals surface area contributed by atoms with Crippen molar-refractivity contribution < 1.29 is 13.9 Å². The largest absolute Gasteiger partial charge is 0.460 e. The molecule has 0 saturated heterocycles. The fourth-order valence-corrected chi connectivity index (χ4v) is 2.14. The maximum Gasteiger partial charge on any atom is 0.376 e. The monoisotopic (exact) mass is 323 g/mol. The average Bonchev–Trinajstić information content (AvgIpc) is 2.75. The lowest BCUT2D eigenvalue weighted by molar-refractivity contribution is 0.0490. The predicted molar refractivity (Wildman–Crippen MR) is 75.1 cm³/mol. The van der Waals surface area contributed by atoms with E-state index in [0.29, 0.717) is 18.2 Å². The number of ether oxygens (including phenoxy) is 1. The standard InChI is InChI=1S/C14H14BrNO3/c1-4-18-14(17)12-9(3)16-13(19-12)10-7-5-6-8(2)11(10)15/h5-7H,4H2,1-3H3. The Labute approximate surface area is 119 Å². The van der Waals surface area contributed by atoms with Crippen molar-refractivity contribution in [3.05, 3.63) is 39.7 Å². The highest BCUT2D eigenvalue weighted by molar-refractivity contribution is 9.10. The summed E-state index contributed by atoms with van der Waals surface area (Å²) in [4.78, 5) is 16.0. The topological polar surface area (TPSA) is 52.3 Å². The van der Waals surface area contributed by atoms with Crippen LogP contribution in [0.25, 0.3) is 11.5 Å². The van der Waals surface area contributed by atoms with Gasteiger partial charge in [0, 0.05) is 4.47 Å². The van der Waals surface area contributed by atoms with E-state index >= 15 is 0 Å². The Hall–Kier alpha value is -1.62. The van der Waals surface area contributed by atoms with Gasteiger partial charge in [0.15, 0.2) is 0 Å². The average molecular weight is 324 g/mol. The number of aryl methyl sites for hydroxylation is 2. The molecule has 0 fully saturated rings. The summed E-state index contributed by atoms with van der Waals surface area (Å²) in [5, 5.41) is 0. The highest BCUT2D eigenvalue weighted by Gasteiger charge is 2.20. The second-order valence-electron chi connectivity index (χ2n) is 4.09. The maximum absolute atomic E-state index is 11.7. The lowest BCUT2D eigenvalue weighted by Crippen LogP contribution is -2.04. The molecule has 4 nitrogen and oxygen atoms in total. The van der Waals surface area contributed by atoms with E-state index in [4.69, 9.17) is 9.15 Å². The SMILES string of the molecule is CCOC(=O)c1oc(-c2cccc(C)c2Br)nc1C. The molecule has 0 aliphatic carbocycles. The van der Waals surface area contributed by atoms with Gasteiger partial charge in [0.05, 0.1) is 17.9 Å². The van der Waals surface area contributed by atoms with Crippen LogP contribution >= 0.6 is 15.9 Å². The van der Waals surface area contributed by atoms with Crippen molar-refractivity contribution in [1.82, 2.24) is 4.98 Å². The van der Waals surface area contributed by atoms with Gasteiger partial charge in [-0.3, -0.25) is 0 Å². The molecule has 0 unspecified atom stereocenters. The molecule has 0 aliphatic rings. The molecule has 1 heterocycles. The zero-order chi connectivity index (χ0) is 14.0. The summed E-state index contributed by atoms with van der Waals surface area (Å²) in [6.45, 7) is 5.77. The number of carbonyl (C=O) groups is 1. The first-order valence-electron chi connectivity index (χ1n) is 5.94. The number of halogens is 1. The molecule has 0 spiro atoms. The minimum Gasteiger partial charge on any atom is -0.460 e. The van der Waals surface area contributed by atoms with Crippen LogP contribution in [0.3, 0.4) is 0 Å². The molecule has 100 valence electrons. The van der Waals surface area contributed by atoms with Crippen molar-refractivity contribution in [2.24, 2.45) is 0 Å². The van der Waals surface area contributed by atoms with E-state index < -0.39 is 5.97 Å². The molecule has 0 saturated carbocycles. The van der Waals surface area contributed by atoms with Crippen molar-refractivity contribution in [1.29, 1.82) is 0 Å². The molecular formula is C14H14BrNO3. The Balaban J connectivity index is 2.45. The Morgan fingerprint density at radius 1 is 1.42 bits per heavy atom. The summed E-state index contributed by atoms with van der Waals surface area (Å²) >= 11 is 3.50. The van der Waals surface area contributed by atoms with Gasteiger partial charge in [0.2, 0.25) is 11.7 Å². The first-order valence-corrected chi connectivity index (χ1v) is 6.74. The van der Waals surface area contributed by atoms with Crippen LogP contribution in [-0.2, 0) is 4.74 Å². The van der Waals surface area contributed by atoms with Crippen molar-refractivity contribution in [3.63, 3.8) is 0 Å². The molecule has 0 bridgehead atoms. The molecule has 19 heavy (non-hydrogen) atoms. The van der Waals surface area contributed by atoms with Crippen LogP contribution in [0.15, 0.2) is 27.1 Å². The van der Waals surface area contributed by atoms with Gasteiger partial charge in [-0.25, -0.2) is 9.78 Å². The van der Waals surface area contributed by atoms with Crippen LogP contribution in [-0.4, -0.2) is 17.6 Å². The van der Waals surface area contributed by atoms with Crippen molar-refractivity contribution in [2.75, 3.05) is 6.61 Å². The Kier molecular flexibility index (Phi) is 4.04. The molecule has 0 amide bonds. The summed E-state index contributed by atoms with van der Waals surface area (Å²) in [6, 6.07) is 5.78. The van der Waals surface area contributed by atoms with Gasteiger partial charge < -0.3 is 9.15 Å². The van der Waals surface area contributed by atoms with E-state index in [1.54, 1.807) is 13.8 Å². The molecule has 2 aromatic rings. The van der Waals surface area contributed by atoms with Crippen molar-refractivity contribution in [3.8, 4) is 11.5 Å². The van der Waals surface area contributed by atoms with Crippen LogP contribution in [0.4, 0.5) is 0 Å². The van der Waals surface area contributed by atoms with Gasteiger partial charge in [-0.2, -0.15) is 0 Å². The first-order chi connectivity index (χ1) is 9.04. The number of benzene rings is 1. The molecule has 1 aromatic heterocycles. The van der Waals surface area contributed by atoms with Crippen LogP contribution in [0.1, 0.15) is 28.7 Å². The molecule has 0 N–H and O–H groups in total. The van der Waals surface area contributed by atoms with Crippen LogP contribution in [0, 0.1) is 13.8 Å². The van der Waals surface area contributed by atoms with Crippen LogP contribution in [0.2, 0.25) is 0 Å².